The van der Waals surface area contributed by atoms with Crippen molar-refractivity contribution in [1.82, 2.24) is 5.32 Å². The molecule has 2 atom stereocenters. The average Bonchev–Trinajstić information content (AvgIpc) is 2.73. The van der Waals surface area contributed by atoms with E-state index in [1.54, 1.807) is 0 Å². The zero-order valence-corrected chi connectivity index (χ0v) is 23.3. The number of aromatic hydroxyl groups is 1. The van der Waals surface area contributed by atoms with Crippen LogP contribution in [0.3, 0.4) is 0 Å². The molecular formula is C28H44NO4P. The van der Waals surface area contributed by atoms with Gasteiger partial charge in [-0.05, 0) is 59.1 Å². The summed E-state index contributed by atoms with van der Waals surface area (Å²) >= 11 is 0. The summed E-state index contributed by atoms with van der Waals surface area (Å²) in [5.74, 6) is 0.423. The summed E-state index contributed by atoms with van der Waals surface area (Å²) in [6.07, 6.45) is 0.104. The maximum absolute atomic E-state index is 13.3. The van der Waals surface area contributed by atoms with Crippen LogP contribution in [0.5, 0.6) is 5.75 Å². The third-order valence-corrected chi connectivity index (χ3v) is 7.96. The van der Waals surface area contributed by atoms with E-state index in [1.165, 1.54) is 5.56 Å². The molecule has 0 amide bonds. The number of nitrogens with one attached hydrogen (secondary N) is 1. The SMILES string of the molecule is CCOP(=O)(CNC(c1cc(C(C)(C)C)c(O)c(C(C)(C)C)c1)C(C)c1ccccc1)OCC. The lowest BCUT2D eigenvalue weighted by Gasteiger charge is -2.33. The molecule has 0 spiro atoms. The molecule has 2 unspecified atom stereocenters. The molecule has 2 rings (SSSR count). The van der Waals surface area contributed by atoms with Crippen LogP contribution in [0.25, 0.3) is 0 Å². The van der Waals surface area contributed by atoms with Crippen molar-refractivity contribution in [2.75, 3.05) is 19.5 Å². The molecule has 0 bridgehead atoms. The Bertz CT molecular complexity index is 931. The number of benzene rings is 2. The third kappa shape index (κ3) is 7.18. The van der Waals surface area contributed by atoms with Crippen LogP contribution in [0.2, 0.25) is 0 Å². The van der Waals surface area contributed by atoms with E-state index in [-0.39, 0.29) is 29.1 Å². The van der Waals surface area contributed by atoms with Gasteiger partial charge < -0.3 is 14.2 Å². The normalized spacial score (nSPS) is 14.7. The largest absolute Gasteiger partial charge is 0.507 e. The van der Waals surface area contributed by atoms with Crippen molar-refractivity contribution >= 4 is 7.60 Å². The van der Waals surface area contributed by atoms with Gasteiger partial charge in [0.2, 0.25) is 0 Å². The van der Waals surface area contributed by atoms with Gasteiger partial charge in [-0.3, -0.25) is 9.88 Å². The van der Waals surface area contributed by atoms with Gasteiger partial charge in [-0.15, -0.1) is 0 Å². The van der Waals surface area contributed by atoms with Crippen LogP contribution >= 0.6 is 7.60 Å². The summed E-state index contributed by atoms with van der Waals surface area (Å²) in [5.41, 5.74) is 3.53. The van der Waals surface area contributed by atoms with E-state index in [9.17, 15) is 9.67 Å². The number of rotatable bonds is 10. The molecule has 0 saturated heterocycles. The minimum atomic E-state index is -3.28. The second-order valence-corrected chi connectivity index (χ2v) is 13.0. The van der Waals surface area contributed by atoms with Crippen molar-refractivity contribution in [3.8, 4) is 5.75 Å². The van der Waals surface area contributed by atoms with Gasteiger partial charge in [0, 0.05) is 12.0 Å². The second-order valence-electron chi connectivity index (χ2n) is 11.0. The summed E-state index contributed by atoms with van der Waals surface area (Å²) < 4.78 is 24.4. The van der Waals surface area contributed by atoms with Gasteiger partial charge in [0.05, 0.1) is 19.5 Å². The van der Waals surface area contributed by atoms with E-state index in [1.807, 2.05) is 32.0 Å². The molecular weight excluding hydrogens is 445 g/mol. The molecule has 0 fully saturated rings. The van der Waals surface area contributed by atoms with E-state index in [0.29, 0.717) is 19.0 Å². The first-order valence-corrected chi connectivity index (χ1v) is 14.0. The van der Waals surface area contributed by atoms with Gasteiger partial charge in [-0.2, -0.15) is 0 Å². The topological polar surface area (TPSA) is 67.8 Å². The molecule has 0 aliphatic rings. The van der Waals surface area contributed by atoms with Gasteiger partial charge in [-0.1, -0.05) is 78.8 Å². The molecule has 0 aliphatic heterocycles. The molecule has 0 aromatic heterocycles. The Hall–Kier alpha value is -1.65. The van der Waals surface area contributed by atoms with Gasteiger partial charge in [0.15, 0.2) is 0 Å². The van der Waals surface area contributed by atoms with Crippen LogP contribution in [0, 0.1) is 0 Å². The monoisotopic (exact) mass is 489 g/mol. The first kappa shape index (κ1) is 28.6. The number of phenolic OH excluding ortho intramolecular Hbond substituents is 1. The van der Waals surface area contributed by atoms with Crippen molar-refractivity contribution in [2.24, 2.45) is 0 Å². The Kier molecular flexibility index (Phi) is 9.58. The average molecular weight is 490 g/mol. The fraction of sp³-hybridized carbons (Fsp3) is 0.571. The summed E-state index contributed by atoms with van der Waals surface area (Å²) in [5, 5.41) is 14.7. The highest BCUT2D eigenvalue weighted by Crippen LogP contribution is 2.48. The molecule has 2 N–H and O–H groups in total. The maximum atomic E-state index is 13.3. The minimum absolute atomic E-state index is 0.0723. The third-order valence-electron chi connectivity index (χ3n) is 6.09. The van der Waals surface area contributed by atoms with Crippen molar-refractivity contribution in [1.29, 1.82) is 0 Å². The van der Waals surface area contributed by atoms with Crippen LogP contribution in [0.15, 0.2) is 42.5 Å². The molecule has 0 radical (unpaired) electrons. The highest BCUT2D eigenvalue weighted by molar-refractivity contribution is 7.53. The van der Waals surface area contributed by atoms with E-state index in [2.05, 4.69) is 78.0 Å². The van der Waals surface area contributed by atoms with Crippen LogP contribution in [0.1, 0.15) is 96.5 Å². The Morgan fingerprint density at radius 1 is 0.882 bits per heavy atom. The van der Waals surface area contributed by atoms with Crippen LogP contribution in [0.4, 0.5) is 0 Å². The lowest BCUT2D eigenvalue weighted by Crippen LogP contribution is -2.29. The van der Waals surface area contributed by atoms with Crippen molar-refractivity contribution in [3.05, 3.63) is 64.7 Å². The Balaban J connectivity index is 2.65. The molecule has 2 aromatic carbocycles. The van der Waals surface area contributed by atoms with Crippen LogP contribution in [-0.4, -0.2) is 24.6 Å². The predicted octanol–water partition coefficient (Wildman–Crippen LogP) is 7.65. The summed E-state index contributed by atoms with van der Waals surface area (Å²) in [6, 6.07) is 14.3. The lowest BCUT2D eigenvalue weighted by molar-refractivity contribution is 0.216. The Morgan fingerprint density at radius 3 is 1.76 bits per heavy atom. The summed E-state index contributed by atoms with van der Waals surface area (Å²) in [7, 11) is -3.28. The molecule has 190 valence electrons. The van der Waals surface area contributed by atoms with E-state index in [4.69, 9.17) is 9.05 Å². The van der Waals surface area contributed by atoms with Gasteiger partial charge in [-0.25, -0.2) is 0 Å². The Morgan fingerprint density at radius 2 is 1.35 bits per heavy atom. The van der Waals surface area contributed by atoms with E-state index >= 15 is 0 Å². The maximum Gasteiger partial charge on any atom is 0.344 e. The van der Waals surface area contributed by atoms with Crippen molar-refractivity contribution < 1.29 is 18.7 Å². The molecule has 6 heteroatoms. The first-order chi connectivity index (χ1) is 15.7. The number of hydrogen-bond donors (Lipinski definition) is 2. The van der Waals surface area contributed by atoms with Crippen LogP contribution < -0.4 is 5.32 Å². The Labute approximate surface area is 206 Å². The molecule has 0 saturated carbocycles. The minimum Gasteiger partial charge on any atom is -0.507 e. The summed E-state index contributed by atoms with van der Waals surface area (Å²) in [6.45, 7) is 19.1. The number of hydrogen-bond acceptors (Lipinski definition) is 5. The smallest absolute Gasteiger partial charge is 0.344 e. The molecule has 5 nitrogen and oxygen atoms in total. The fourth-order valence-electron chi connectivity index (χ4n) is 4.24. The molecule has 0 heterocycles. The zero-order chi connectivity index (χ0) is 25.7. The van der Waals surface area contributed by atoms with Gasteiger partial charge in [0.25, 0.3) is 0 Å². The highest BCUT2D eigenvalue weighted by atomic mass is 31.2. The molecule has 2 aromatic rings. The van der Waals surface area contributed by atoms with Gasteiger partial charge >= 0.3 is 7.60 Å². The lowest BCUT2D eigenvalue weighted by atomic mass is 9.76. The van der Waals surface area contributed by atoms with Gasteiger partial charge in [0.1, 0.15) is 5.75 Å². The van der Waals surface area contributed by atoms with E-state index < -0.39 is 7.60 Å². The first-order valence-electron chi connectivity index (χ1n) is 12.3. The quantitative estimate of drug-likeness (QED) is 0.336. The highest BCUT2D eigenvalue weighted by Gasteiger charge is 2.32. The molecule has 0 aliphatic carbocycles. The standard InChI is InChI=1S/C28H44NO4P/c1-10-32-34(31,33-11-2)19-29-25(20(3)21-15-13-12-14-16-21)22-17-23(27(4,5)6)26(30)24(18-22)28(7,8)9/h12-18,20,25,29-30H,10-11,19H2,1-9H3. The zero-order valence-electron chi connectivity index (χ0n) is 22.4. The second kappa shape index (κ2) is 11.4. The number of phenols is 1. The fourth-order valence-corrected chi connectivity index (χ4v) is 5.71. The predicted molar refractivity (Wildman–Crippen MR) is 142 cm³/mol. The summed E-state index contributed by atoms with van der Waals surface area (Å²) in [4.78, 5) is 0. The van der Waals surface area contributed by atoms with Crippen LogP contribution in [-0.2, 0) is 24.4 Å². The van der Waals surface area contributed by atoms with Crippen molar-refractivity contribution in [3.63, 3.8) is 0 Å². The van der Waals surface area contributed by atoms with E-state index in [0.717, 1.165) is 16.7 Å². The van der Waals surface area contributed by atoms with Crippen molar-refractivity contribution in [2.45, 2.75) is 85.1 Å². The molecule has 34 heavy (non-hydrogen) atoms.